The number of anilines is 2. The second-order valence-electron chi connectivity index (χ2n) is 5.23. The van der Waals surface area contributed by atoms with Crippen LogP contribution in [-0.2, 0) is 4.79 Å². The Balaban J connectivity index is 1.96. The fourth-order valence-corrected chi connectivity index (χ4v) is 2.92. The lowest BCUT2D eigenvalue weighted by molar-refractivity contribution is -0.117. The van der Waals surface area contributed by atoms with Gasteiger partial charge in [0.1, 0.15) is 0 Å². The molecule has 0 aliphatic heterocycles. The van der Waals surface area contributed by atoms with Crippen LogP contribution in [0.25, 0.3) is 0 Å². The van der Waals surface area contributed by atoms with E-state index in [2.05, 4.69) is 23.7 Å². The number of nitrogens with two attached hydrogens (primary N) is 1. The average Bonchev–Trinajstić information content (AvgIpc) is 2.96. The summed E-state index contributed by atoms with van der Waals surface area (Å²) in [6.07, 6.45) is 0. The summed E-state index contributed by atoms with van der Waals surface area (Å²) in [6, 6.07) is 9.86. The maximum Gasteiger partial charge on any atom is 0.238 e. The second-order valence-corrected chi connectivity index (χ2v) is 6.21. The molecule has 0 bridgehead atoms. The summed E-state index contributed by atoms with van der Waals surface area (Å²) in [7, 11) is 1.95. The Morgan fingerprint density at radius 3 is 2.86 bits per heavy atom. The molecule has 21 heavy (non-hydrogen) atoms. The maximum absolute atomic E-state index is 12.2. The molecule has 1 heterocycles. The molecule has 1 amide bonds. The van der Waals surface area contributed by atoms with Crippen molar-refractivity contribution in [3.05, 3.63) is 46.2 Å². The predicted octanol–water partition coefficient (Wildman–Crippen LogP) is 3.27. The number of hydrogen-bond donors (Lipinski definition) is 2. The minimum atomic E-state index is -0.0328. The number of thiophene rings is 1. The van der Waals surface area contributed by atoms with Gasteiger partial charge < -0.3 is 11.1 Å². The highest BCUT2D eigenvalue weighted by molar-refractivity contribution is 7.10. The molecule has 0 aliphatic rings. The van der Waals surface area contributed by atoms with Crippen molar-refractivity contribution in [1.82, 2.24) is 4.90 Å². The van der Waals surface area contributed by atoms with Crippen molar-refractivity contribution in [1.29, 1.82) is 0 Å². The highest BCUT2D eigenvalue weighted by Crippen LogP contribution is 2.23. The van der Waals surface area contributed by atoms with E-state index in [1.807, 2.05) is 37.1 Å². The second kappa shape index (κ2) is 6.74. The van der Waals surface area contributed by atoms with Gasteiger partial charge >= 0.3 is 0 Å². The molecular weight excluding hydrogens is 282 g/mol. The number of rotatable bonds is 5. The molecule has 2 aromatic rings. The zero-order valence-corrected chi connectivity index (χ0v) is 13.4. The summed E-state index contributed by atoms with van der Waals surface area (Å²) < 4.78 is 0. The van der Waals surface area contributed by atoms with Crippen molar-refractivity contribution in [2.75, 3.05) is 24.6 Å². The topological polar surface area (TPSA) is 58.4 Å². The molecule has 112 valence electrons. The van der Waals surface area contributed by atoms with E-state index in [4.69, 9.17) is 5.73 Å². The standard InChI is InChI=1S/C16H21N3OS/c1-11-6-7-13(17)9-14(11)18-16(20)10-19(3)12(2)15-5-4-8-21-15/h4-9,12H,10,17H2,1-3H3,(H,18,20). The molecule has 5 heteroatoms. The molecule has 4 nitrogen and oxygen atoms in total. The summed E-state index contributed by atoms with van der Waals surface area (Å²) >= 11 is 1.70. The van der Waals surface area contributed by atoms with Gasteiger partial charge in [0.05, 0.1) is 6.54 Å². The molecule has 0 saturated heterocycles. The Kier molecular flexibility index (Phi) is 4.98. The number of benzene rings is 1. The van der Waals surface area contributed by atoms with Gasteiger partial charge in [0.25, 0.3) is 0 Å². The minimum absolute atomic E-state index is 0.0328. The quantitative estimate of drug-likeness (QED) is 0.833. The fourth-order valence-electron chi connectivity index (χ4n) is 2.07. The first-order valence-electron chi connectivity index (χ1n) is 6.87. The highest BCUT2D eigenvalue weighted by Gasteiger charge is 2.16. The Bertz CT molecular complexity index is 610. The van der Waals surface area contributed by atoms with Gasteiger partial charge in [-0.2, -0.15) is 0 Å². The van der Waals surface area contributed by atoms with E-state index in [1.54, 1.807) is 17.4 Å². The van der Waals surface area contributed by atoms with Crippen LogP contribution in [0.1, 0.15) is 23.4 Å². The Labute approximate surface area is 129 Å². The number of nitrogens with one attached hydrogen (secondary N) is 1. The SMILES string of the molecule is Cc1ccc(N)cc1NC(=O)CN(C)C(C)c1cccs1. The smallest absolute Gasteiger partial charge is 0.238 e. The predicted molar refractivity (Wildman–Crippen MR) is 89.6 cm³/mol. The third-order valence-corrected chi connectivity index (χ3v) is 4.59. The van der Waals surface area contributed by atoms with Crippen molar-refractivity contribution in [3.63, 3.8) is 0 Å². The molecule has 0 aliphatic carbocycles. The third-order valence-electron chi connectivity index (χ3n) is 3.54. The molecule has 2 rings (SSSR count). The maximum atomic E-state index is 12.2. The van der Waals surface area contributed by atoms with Crippen LogP contribution in [-0.4, -0.2) is 24.4 Å². The lowest BCUT2D eigenvalue weighted by Crippen LogP contribution is -2.32. The van der Waals surface area contributed by atoms with E-state index in [0.717, 1.165) is 11.3 Å². The molecule has 1 atom stereocenters. The van der Waals surface area contributed by atoms with Crippen LogP contribution in [0, 0.1) is 6.92 Å². The van der Waals surface area contributed by atoms with Crippen molar-refractivity contribution in [3.8, 4) is 0 Å². The van der Waals surface area contributed by atoms with Crippen LogP contribution in [0.2, 0.25) is 0 Å². The number of amides is 1. The molecule has 3 N–H and O–H groups in total. The van der Waals surface area contributed by atoms with Gasteiger partial charge in [0.2, 0.25) is 5.91 Å². The lowest BCUT2D eigenvalue weighted by Gasteiger charge is -2.23. The lowest BCUT2D eigenvalue weighted by atomic mass is 10.2. The minimum Gasteiger partial charge on any atom is -0.399 e. The summed E-state index contributed by atoms with van der Waals surface area (Å²) in [5.41, 5.74) is 8.19. The molecule has 1 aromatic heterocycles. The van der Waals surface area contributed by atoms with Crippen LogP contribution in [0.4, 0.5) is 11.4 Å². The zero-order chi connectivity index (χ0) is 15.4. The van der Waals surface area contributed by atoms with Crippen LogP contribution in [0.5, 0.6) is 0 Å². The molecule has 0 fully saturated rings. The Morgan fingerprint density at radius 1 is 1.43 bits per heavy atom. The van der Waals surface area contributed by atoms with Crippen molar-refractivity contribution in [2.45, 2.75) is 19.9 Å². The van der Waals surface area contributed by atoms with Gasteiger partial charge in [-0.05, 0) is 50.0 Å². The number of carbonyl (C=O) groups is 1. The number of nitrogens with zero attached hydrogens (tertiary/aromatic N) is 1. The zero-order valence-electron chi connectivity index (χ0n) is 12.6. The molecule has 0 saturated carbocycles. The van der Waals surface area contributed by atoms with Crippen molar-refractivity contribution < 1.29 is 4.79 Å². The summed E-state index contributed by atoms with van der Waals surface area (Å²) in [5.74, 6) is -0.0328. The van der Waals surface area contributed by atoms with E-state index in [9.17, 15) is 4.79 Å². The highest BCUT2D eigenvalue weighted by atomic mass is 32.1. The fraction of sp³-hybridized carbons (Fsp3) is 0.312. The van der Waals surface area contributed by atoms with Gasteiger partial charge in [0.15, 0.2) is 0 Å². The van der Waals surface area contributed by atoms with Gasteiger partial charge in [-0.3, -0.25) is 9.69 Å². The largest absolute Gasteiger partial charge is 0.399 e. The normalized spacial score (nSPS) is 12.4. The van der Waals surface area contributed by atoms with Gasteiger partial charge in [-0.1, -0.05) is 12.1 Å². The van der Waals surface area contributed by atoms with Crippen LogP contribution < -0.4 is 11.1 Å². The first-order valence-corrected chi connectivity index (χ1v) is 7.75. The van der Waals surface area contributed by atoms with E-state index >= 15 is 0 Å². The molecular formula is C16H21N3OS. The summed E-state index contributed by atoms with van der Waals surface area (Å²) in [4.78, 5) is 15.5. The number of carbonyl (C=O) groups excluding carboxylic acids is 1. The van der Waals surface area contributed by atoms with E-state index in [0.29, 0.717) is 12.2 Å². The average molecular weight is 303 g/mol. The molecule has 1 unspecified atom stereocenters. The molecule has 0 spiro atoms. The number of likely N-dealkylation sites (N-methyl/N-ethyl adjacent to an activating group) is 1. The van der Waals surface area contributed by atoms with Crippen LogP contribution in [0.15, 0.2) is 35.7 Å². The summed E-state index contributed by atoms with van der Waals surface area (Å²) in [5, 5.41) is 4.98. The number of nitrogen functional groups attached to an aromatic ring is 1. The first-order chi connectivity index (χ1) is 9.97. The van der Waals surface area contributed by atoms with Crippen molar-refractivity contribution in [2.24, 2.45) is 0 Å². The molecule has 1 aromatic carbocycles. The van der Waals surface area contributed by atoms with Gasteiger partial charge in [-0.25, -0.2) is 0 Å². The number of hydrogen-bond acceptors (Lipinski definition) is 4. The Hall–Kier alpha value is -1.85. The first kappa shape index (κ1) is 15.5. The van der Waals surface area contributed by atoms with E-state index in [-0.39, 0.29) is 11.9 Å². The Morgan fingerprint density at radius 2 is 2.19 bits per heavy atom. The van der Waals surface area contributed by atoms with Crippen LogP contribution >= 0.6 is 11.3 Å². The number of aryl methyl sites for hydroxylation is 1. The monoisotopic (exact) mass is 303 g/mol. The van der Waals surface area contributed by atoms with E-state index in [1.165, 1.54) is 4.88 Å². The van der Waals surface area contributed by atoms with Crippen molar-refractivity contribution >= 4 is 28.6 Å². The molecule has 0 radical (unpaired) electrons. The van der Waals surface area contributed by atoms with Gasteiger partial charge in [-0.15, -0.1) is 11.3 Å². The van der Waals surface area contributed by atoms with Gasteiger partial charge in [0, 0.05) is 22.3 Å². The van der Waals surface area contributed by atoms with Crippen LogP contribution in [0.3, 0.4) is 0 Å². The van der Waals surface area contributed by atoms with E-state index < -0.39 is 0 Å². The summed E-state index contributed by atoms with van der Waals surface area (Å²) in [6.45, 7) is 4.39. The third kappa shape index (κ3) is 4.06.